The van der Waals surface area contributed by atoms with Crippen LogP contribution in [0.3, 0.4) is 0 Å². The lowest BCUT2D eigenvalue weighted by Gasteiger charge is -2.12. The van der Waals surface area contributed by atoms with Gasteiger partial charge in [0, 0.05) is 18.4 Å². The average Bonchev–Trinajstić information content (AvgIpc) is 2.55. The largest absolute Gasteiger partial charge is 0.335 e. The highest BCUT2D eigenvalue weighted by atomic mass is 16.2. The van der Waals surface area contributed by atoms with E-state index in [4.69, 9.17) is 0 Å². The van der Waals surface area contributed by atoms with Gasteiger partial charge in [-0.15, -0.1) is 0 Å². The maximum atomic E-state index is 11.4. The molecule has 0 aliphatic carbocycles. The minimum Gasteiger partial charge on any atom is -0.335 e. The zero-order chi connectivity index (χ0) is 9.68. The lowest BCUT2D eigenvalue weighted by Crippen LogP contribution is -2.35. The summed E-state index contributed by atoms with van der Waals surface area (Å²) < 4.78 is 1.44. The highest BCUT2D eigenvalue weighted by Gasteiger charge is 2.06. The molecule has 1 N–H and O–H groups in total. The molecule has 0 bridgehead atoms. The molecule has 0 saturated carbocycles. The lowest BCUT2D eigenvalue weighted by atomic mass is 10.2. The summed E-state index contributed by atoms with van der Waals surface area (Å²) in [5.74, 6) is 0. The molecule has 1 aromatic rings. The number of imidazole rings is 1. The van der Waals surface area contributed by atoms with Crippen LogP contribution in [0.5, 0.6) is 0 Å². The number of carbonyl (C=O) groups excluding carboxylic acids is 1. The molecule has 1 aromatic heterocycles. The Morgan fingerprint density at radius 3 is 3.00 bits per heavy atom. The SMILES string of the molecule is CCC[C@H](C)NC(=O)n1ccnc1. The molecule has 0 spiro atoms. The monoisotopic (exact) mass is 181 g/mol. The number of hydrogen-bond donors (Lipinski definition) is 1. The Morgan fingerprint density at radius 1 is 1.69 bits per heavy atom. The molecule has 1 atom stereocenters. The van der Waals surface area contributed by atoms with Gasteiger partial charge in [-0.25, -0.2) is 9.78 Å². The van der Waals surface area contributed by atoms with Crippen LogP contribution in [0.2, 0.25) is 0 Å². The van der Waals surface area contributed by atoms with Crippen LogP contribution in [0.4, 0.5) is 4.79 Å². The van der Waals surface area contributed by atoms with Gasteiger partial charge in [-0.3, -0.25) is 4.57 Å². The lowest BCUT2D eigenvalue weighted by molar-refractivity contribution is 0.238. The van der Waals surface area contributed by atoms with E-state index in [0.717, 1.165) is 12.8 Å². The van der Waals surface area contributed by atoms with Gasteiger partial charge in [0.15, 0.2) is 0 Å². The highest BCUT2D eigenvalue weighted by molar-refractivity contribution is 5.76. The standard InChI is InChI=1S/C9H15N3O/c1-3-4-8(2)11-9(13)12-6-5-10-7-12/h5-8H,3-4H2,1-2H3,(H,11,13)/t8-/m0/s1. The van der Waals surface area contributed by atoms with Gasteiger partial charge in [0.25, 0.3) is 0 Å². The van der Waals surface area contributed by atoms with E-state index < -0.39 is 0 Å². The van der Waals surface area contributed by atoms with E-state index in [1.54, 1.807) is 12.4 Å². The quantitative estimate of drug-likeness (QED) is 0.770. The minimum atomic E-state index is -0.113. The number of aromatic nitrogens is 2. The van der Waals surface area contributed by atoms with E-state index in [9.17, 15) is 4.79 Å². The summed E-state index contributed by atoms with van der Waals surface area (Å²) in [4.78, 5) is 15.2. The minimum absolute atomic E-state index is 0.113. The molecule has 4 nitrogen and oxygen atoms in total. The predicted molar refractivity (Wildman–Crippen MR) is 50.5 cm³/mol. The highest BCUT2D eigenvalue weighted by Crippen LogP contribution is 1.95. The Balaban J connectivity index is 2.42. The first-order valence-corrected chi connectivity index (χ1v) is 4.53. The molecule has 0 fully saturated rings. The van der Waals surface area contributed by atoms with Crippen LogP contribution in [0, 0.1) is 0 Å². The van der Waals surface area contributed by atoms with E-state index >= 15 is 0 Å². The third-order valence-corrected chi connectivity index (χ3v) is 1.83. The predicted octanol–water partition coefficient (Wildman–Crippen LogP) is 1.63. The summed E-state index contributed by atoms with van der Waals surface area (Å²) >= 11 is 0. The number of nitrogens with zero attached hydrogens (tertiary/aromatic N) is 2. The molecule has 4 heteroatoms. The smallest absolute Gasteiger partial charge is 0.327 e. The van der Waals surface area contributed by atoms with Crippen molar-refractivity contribution in [3.63, 3.8) is 0 Å². The number of hydrogen-bond acceptors (Lipinski definition) is 2. The van der Waals surface area contributed by atoms with Crippen LogP contribution >= 0.6 is 0 Å². The van der Waals surface area contributed by atoms with Crippen molar-refractivity contribution in [3.05, 3.63) is 18.7 Å². The van der Waals surface area contributed by atoms with E-state index in [1.165, 1.54) is 10.9 Å². The van der Waals surface area contributed by atoms with Crippen molar-refractivity contribution in [1.82, 2.24) is 14.9 Å². The normalized spacial score (nSPS) is 12.5. The molecule has 0 aromatic carbocycles. The zero-order valence-electron chi connectivity index (χ0n) is 8.03. The molecule has 72 valence electrons. The van der Waals surface area contributed by atoms with Crippen LogP contribution in [0.25, 0.3) is 0 Å². The summed E-state index contributed by atoms with van der Waals surface area (Å²) in [6.45, 7) is 4.10. The molecule has 0 saturated heterocycles. The molecular formula is C9H15N3O. The first-order valence-electron chi connectivity index (χ1n) is 4.53. The van der Waals surface area contributed by atoms with Gasteiger partial charge in [0.05, 0.1) is 0 Å². The molecule has 1 heterocycles. The summed E-state index contributed by atoms with van der Waals surface area (Å²) in [6, 6.07) is 0.110. The van der Waals surface area contributed by atoms with Crippen molar-refractivity contribution < 1.29 is 4.79 Å². The molecule has 1 amide bonds. The van der Waals surface area contributed by atoms with Crippen LogP contribution in [0.1, 0.15) is 26.7 Å². The second-order valence-corrected chi connectivity index (χ2v) is 3.11. The summed E-state index contributed by atoms with van der Waals surface area (Å²) in [7, 11) is 0. The van der Waals surface area contributed by atoms with E-state index in [2.05, 4.69) is 17.2 Å². The van der Waals surface area contributed by atoms with E-state index in [1.807, 2.05) is 6.92 Å². The first kappa shape index (κ1) is 9.77. The molecule has 13 heavy (non-hydrogen) atoms. The fourth-order valence-electron chi connectivity index (χ4n) is 1.17. The van der Waals surface area contributed by atoms with Gasteiger partial charge >= 0.3 is 6.03 Å². The third kappa shape index (κ3) is 2.89. The number of amides is 1. The van der Waals surface area contributed by atoms with Gasteiger partial charge in [0.1, 0.15) is 6.33 Å². The van der Waals surface area contributed by atoms with Crippen molar-refractivity contribution in [2.24, 2.45) is 0 Å². The molecule has 0 aliphatic heterocycles. The Hall–Kier alpha value is -1.32. The van der Waals surface area contributed by atoms with Crippen molar-refractivity contribution in [1.29, 1.82) is 0 Å². The molecular weight excluding hydrogens is 166 g/mol. The van der Waals surface area contributed by atoms with Gasteiger partial charge in [-0.05, 0) is 13.3 Å². The van der Waals surface area contributed by atoms with Crippen LogP contribution in [-0.2, 0) is 0 Å². The maximum Gasteiger partial charge on any atom is 0.327 e. The van der Waals surface area contributed by atoms with Crippen molar-refractivity contribution in [2.45, 2.75) is 32.7 Å². The molecule has 1 rings (SSSR count). The molecule has 0 radical (unpaired) electrons. The molecule has 0 unspecified atom stereocenters. The second kappa shape index (κ2) is 4.64. The van der Waals surface area contributed by atoms with Crippen LogP contribution in [-0.4, -0.2) is 21.6 Å². The number of rotatable bonds is 3. The van der Waals surface area contributed by atoms with Gasteiger partial charge in [0.2, 0.25) is 0 Å². The Morgan fingerprint density at radius 2 is 2.46 bits per heavy atom. The van der Waals surface area contributed by atoms with E-state index in [0.29, 0.717) is 0 Å². The van der Waals surface area contributed by atoms with Gasteiger partial charge in [-0.2, -0.15) is 0 Å². The fourth-order valence-corrected chi connectivity index (χ4v) is 1.17. The van der Waals surface area contributed by atoms with Crippen molar-refractivity contribution >= 4 is 6.03 Å². The van der Waals surface area contributed by atoms with Crippen LogP contribution < -0.4 is 5.32 Å². The first-order chi connectivity index (χ1) is 6.24. The summed E-state index contributed by atoms with van der Waals surface area (Å²) in [5.41, 5.74) is 0. The fraction of sp³-hybridized carbons (Fsp3) is 0.556. The van der Waals surface area contributed by atoms with Crippen LogP contribution in [0.15, 0.2) is 18.7 Å². The maximum absolute atomic E-state index is 11.4. The summed E-state index contributed by atoms with van der Waals surface area (Å²) in [5, 5.41) is 2.87. The van der Waals surface area contributed by atoms with Crippen molar-refractivity contribution in [3.8, 4) is 0 Å². The topological polar surface area (TPSA) is 46.9 Å². The molecule has 0 aliphatic rings. The van der Waals surface area contributed by atoms with E-state index in [-0.39, 0.29) is 12.1 Å². The van der Waals surface area contributed by atoms with Gasteiger partial charge in [-0.1, -0.05) is 13.3 Å². The van der Waals surface area contributed by atoms with Crippen molar-refractivity contribution in [2.75, 3.05) is 0 Å². The third-order valence-electron chi connectivity index (χ3n) is 1.83. The average molecular weight is 181 g/mol. The Labute approximate surface area is 78.0 Å². The number of carbonyl (C=O) groups is 1. The van der Waals surface area contributed by atoms with Gasteiger partial charge < -0.3 is 5.32 Å². The zero-order valence-corrected chi connectivity index (χ0v) is 8.03. The number of nitrogens with one attached hydrogen (secondary N) is 1. The second-order valence-electron chi connectivity index (χ2n) is 3.11. The Kier molecular flexibility index (Phi) is 3.49. The summed E-state index contributed by atoms with van der Waals surface area (Å²) in [6.07, 6.45) is 6.79. The Bertz CT molecular complexity index is 256.